The average Bonchev–Trinajstić information content (AvgIpc) is 2.64. The summed E-state index contributed by atoms with van der Waals surface area (Å²) in [5, 5.41) is 2.06. The van der Waals surface area contributed by atoms with Gasteiger partial charge in [0.05, 0.1) is 16.3 Å². The molecule has 0 aliphatic carbocycles. The summed E-state index contributed by atoms with van der Waals surface area (Å²) in [6, 6.07) is 2.05. The molecule has 1 aromatic heterocycles. The van der Waals surface area contributed by atoms with Gasteiger partial charge in [-0.15, -0.1) is 11.3 Å². The van der Waals surface area contributed by atoms with Gasteiger partial charge in [0, 0.05) is 6.92 Å². The van der Waals surface area contributed by atoms with Gasteiger partial charge >= 0.3 is 0 Å². The molecule has 0 bridgehead atoms. The molecule has 16 heavy (non-hydrogen) atoms. The zero-order chi connectivity index (χ0) is 12.1. The van der Waals surface area contributed by atoms with E-state index in [1.165, 1.54) is 12.5 Å². The highest BCUT2D eigenvalue weighted by atomic mass is 32.1. The van der Waals surface area contributed by atoms with Gasteiger partial charge in [0.1, 0.15) is 0 Å². The van der Waals surface area contributed by atoms with Gasteiger partial charge in [-0.25, -0.2) is 4.99 Å². The Kier molecular flexibility index (Phi) is 4.38. The maximum Gasteiger partial charge on any atom is 0.177 e. The summed E-state index contributed by atoms with van der Waals surface area (Å²) in [7, 11) is 0. The lowest BCUT2D eigenvalue weighted by molar-refractivity contribution is -0.113. The predicted molar refractivity (Wildman–Crippen MR) is 70.2 cm³/mol. The fraction of sp³-hybridized carbons (Fsp3) is 0.231. The van der Waals surface area contributed by atoms with E-state index in [-0.39, 0.29) is 5.78 Å². The van der Waals surface area contributed by atoms with Crippen LogP contribution in [-0.2, 0) is 4.79 Å². The van der Waals surface area contributed by atoms with Crippen molar-refractivity contribution < 1.29 is 4.79 Å². The Hall–Kier alpha value is -1.48. The maximum atomic E-state index is 11.1. The molecule has 0 N–H and O–H groups in total. The molecule has 0 saturated heterocycles. The highest BCUT2D eigenvalue weighted by Crippen LogP contribution is 2.16. The smallest absolute Gasteiger partial charge is 0.177 e. The molecule has 0 unspecified atom stereocenters. The second kappa shape index (κ2) is 5.56. The molecule has 84 valence electrons. The number of aryl methyl sites for hydroxylation is 1. The van der Waals surface area contributed by atoms with Crippen LogP contribution in [0.2, 0.25) is 0 Å². The average molecular weight is 233 g/mol. The molecule has 0 fully saturated rings. The molecular weight excluding hydrogens is 218 g/mol. The number of hydrogen-bond donors (Lipinski definition) is 0. The van der Waals surface area contributed by atoms with Gasteiger partial charge in [-0.05, 0) is 36.9 Å². The molecule has 2 nitrogen and oxygen atoms in total. The van der Waals surface area contributed by atoms with Crippen molar-refractivity contribution in [3.05, 3.63) is 46.3 Å². The van der Waals surface area contributed by atoms with E-state index in [1.54, 1.807) is 11.3 Å². The van der Waals surface area contributed by atoms with Gasteiger partial charge in [0.15, 0.2) is 5.78 Å². The first-order valence-corrected chi connectivity index (χ1v) is 5.89. The van der Waals surface area contributed by atoms with Gasteiger partial charge in [0.25, 0.3) is 0 Å². The van der Waals surface area contributed by atoms with Crippen LogP contribution in [0.25, 0.3) is 0 Å². The van der Waals surface area contributed by atoms with E-state index in [0.717, 1.165) is 10.6 Å². The number of rotatable bonds is 4. The van der Waals surface area contributed by atoms with Crippen molar-refractivity contribution in [3.8, 4) is 0 Å². The van der Waals surface area contributed by atoms with Crippen LogP contribution in [0.1, 0.15) is 24.3 Å². The van der Waals surface area contributed by atoms with Crippen molar-refractivity contribution in [1.82, 2.24) is 0 Å². The van der Waals surface area contributed by atoms with Gasteiger partial charge in [0.2, 0.25) is 0 Å². The highest BCUT2D eigenvalue weighted by Gasteiger charge is 2.05. The zero-order valence-corrected chi connectivity index (χ0v) is 10.6. The number of allylic oxidation sites excluding steroid dienone is 3. The van der Waals surface area contributed by atoms with Gasteiger partial charge < -0.3 is 0 Å². The monoisotopic (exact) mass is 233 g/mol. The Morgan fingerprint density at radius 3 is 2.69 bits per heavy atom. The molecule has 0 aliphatic rings. The van der Waals surface area contributed by atoms with Crippen LogP contribution >= 0.6 is 11.3 Å². The first-order chi connectivity index (χ1) is 7.54. The summed E-state index contributed by atoms with van der Waals surface area (Å²) in [6.45, 7) is 9.07. The quantitative estimate of drug-likeness (QED) is 0.578. The Balaban J connectivity index is 3.09. The second-order valence-electron chi connectivity index (χ2n) is 3.49. The number of carbonyl (C=O) groups excluding carboxylic acids is 1. The van der Waals surface area contributed by atoms with Crippen molar-refractivity contribution in [2.24, 2.45) is 4.99 Å². The van der Waals surface area contributed by atoms with Gasteiger partial charge in [-0.3, -0.25) is 4.79 Å². The van der Waals surface area contributed by atoms with Crippen molar-refractivity contribution in [2.45, 2.75) is 20.8 Å². The Labute approximate surface area is 100 Å². The molecular formula is C13H15NOS. The largest absolute Gasteiger partial charge is 0.293 e. The lowest BCUT2D eigenvalue weighted by Crippen LogP contribution is -1.98. The SMILES string of the molecule is C=C(/N=C(\C=C/C)c1cc(C)cs1)C(C)=O. The number of thiophene rings is 1. The van der Waals surface area contributed by atoms with Crippen LogP contribution in [0.4, 0.5) is 0 Å². The standard InChI is InChI=1S/C13H15NOS/c1-5-6-12(14-10(3)11(4)15)13-7-9(2)8-16-13/h5-8H,3H2,1-2,4H3/b6-5-,14-12+. The molecule has 1 rings (SSSR count). The second-order valence-corrected chi connectivity index (χ2v) is 4.40. The van der Waals surface area contributed by atoms with Crippen molar-refractivity contribution in [3.63, 3.8) is 0 Å². The van der Waals surface area contributed by atoms with E-state index in [4.69, 9.17) is 0 Å². The molecule has 1 heterocycles. The molecule has 0 saturated carbocycles. The van der Waals surface area contributed by atoms with Crippen LogP contribution in [0.3, 0.4) is 0 Å². The van der Waals surface area contributed by atoms with E-state index in [1.807, 2.05) is 26.0 Å². The summed E-state index contributed by atoms with van der Waals surface area (Å²) >= 11 is 1.62. The van der Waals surface area contributed by atoms with Crippen LogP contribution in [0.15, 0.2) is 40.9 Å². The van der Waals surface area contributed by atoms with Gasteiger partial charge in [-0.1, -0.05) is 12.7 Å². The maximum absolute atomic E-state index is 11.1. The molecule has 0 amide bonds. The first-order valence-electron chi connectivity index (χ1n) is 5.01. The number of ketones is 1. The number of aliphatic imine (C=N–C) groups is 1. The van der Waals surface area contributed by atoms with Gasteiger partial charge in [-0.2, -0.15) is 0 Å². The van der Waals surface area contributed by atoms with E-state index in [2.05, 4.69) is 23.0 Å². The third-order valence-corrected chi connectivity index (χ3v) is 3.04. The van der Waals surface area contributed by atoms with Crippen LogP contribution in [0, 0.1) is 6.92 Å². The predicted octanol–water partition coefficient (Wildman–Crippen LogP) is 3.52. The summed E-state index contributed by atoms with van der Waals surface area (Å²) in [5.74, 6) is -0.102. The summed E-state index contributed by atoms with van der Waals surface area (Å²) < 4.78 is 0. The number of hydrogen-bond acceptors (Lipinski definition) is 3. The first kappa shape index (κ1) is 12.6. The molecule has 0 aliphatic heterocycles. The molecule has 0 spiro atoms. The van der Waals surface area contributed by atoms with E-state index in [9.17, 15) is 4.79 Å². The highest BCUT2D eigenvalue weighted by molar-refractivity contribution is 7.12. The topological polar surface area (TPSA) is 29.4 Å². The van der Waals surface area contributed by atoms with Crippen LogP contribution < -0.4 is 0 Å². The van der Waals surface area contributed by atoms with Crippen molar-refractivity contribution in [2.75, 3.05) is 0 Å². The van der Waals surface area contributed by atoms with E-state index < -0.39 is 0 Å². The number of Topliss-reactive ketones (excluding diaryl/α,β-unsaturated/α-hetero) is 1. The zero-order valence-electron chi connectivity index (χ0n) is 9.78. The summed E-state index contributed by atoms with van der Waals surface area (Å²) in [5.41, 5.74) is 2.28. The minimum absolute atomic E-state index is 0.102. The molecule has 1 aromatic rings. The lowest BCUT2D eigenvalue weighted by atomic mass is 10.2. The Bertz CT molecular complexity index is 466. The minimum atomic E-state index is -0.102. The Morgan fingerprint density at radius 1 is 1.56 bits per heavy atom. The molecule has 0 radical (unpaired) electrons. The fourth-order valence-corrected chi connectivity index (χ4v) is 1.99. The third kappa shape index (κ3) is 3.28. The summed E-state index contributed by atoms with van der Waals surface area (Å²) in [6.07, 6.45) is 3.79. The fourth-order valence-electron chi connectivity index (χ4n) is 1.12. The minimum Gasteiger partial charge on any atom is -0.293 e. The number of nitrogens with zero attached hydrogens (tertiary/aromatic N) is 1. The third-order valence-electron chi connectivity index (χ3n) is 1.97. The van der Waals surface area contributed by atoms with Crippen LogP contribution in [0.5, 0.6) is 0 Å². The van der Waals surface area contributed by atoms with E-state index in [0.29, 0.717) is 5.70 Å². The normalized spacial score (nSPS) is 12.1. The molecule has 0 aromatic carbocycles. The van der Waals surface area contributed by atoms with Crippen molar-refractivity contribution in [1.29, 1.82) is 0 Å². The van der Waals surface area contributed by atoms with Crippen molar-refractivity contribution >= 4 is 22.8 Å². The lowest BCUT2D eigenvalue weighted by Gasteiger charge is -1.98. The number of carbonyl (C=O) groups is 1. The molecule has 3 heteroatoms. The Morgan fingerprint density at radius 2 is 2.25 bits per heavy atom. The van der Waals surface area contributed by atoms with Crippen LogP contribution in [-0.4, -0.2) is 11.5 Å². The van der Waals surface area contributed by atoms with E-state index >= 15 is 0 Å². The summed E-state index contributed by atoms with van der Waals surface area (Å²) in [4.78, 5) is 16.4. The molecule has 0 atom stereocenters.